The summed E-state index contributed by atoms with van der Waals surface area (Å²) in [4.78, 5) is 2.45. The molecule has 2 aliphatic heterocycles. The summed E-state index contributed by atoms with van der Waals surface area (Å²) in [6, 6.07) is 21.0. The highest BCUT2D eigenvalue weighted by atomic mass is 16.5. The molecule has 3 aromatic rings. The molecule has 0 bridgehead atoms. The maximum absolute atomic E-state index is 10.0. The highest BCUT2D eigenvalue weighted by Crippen LogP contribution is 2.47. The SMILES string of the molecule is Oc1cccc([C@@H]2COc3cc(O)ccc3[C@@H]2c2ccc(OCCN3CCCC3)cc2)c1. The smallest absolute Gasteiger partial charge is 0.126 e. The van der Waals surface area contributed by atoms with Crippen LogP contribution < -0.4 is 9.47 Å². The van der Waals surface area contributed by atoms with Gasteiger partial charge in [-0.2, -0.15) is 0 Å². The number of aromatic hydroxyl groups is 2. The molecular weight excluding hydrogens is 402 g/mol. The van der Waals surface area contributed by atoms with Crippen LogP contribution in [0.4, 0.5) is 0 Å². The zero-order valence-electron chi connectivity index (χ0n) is 18.1. The van der Waals surface area contributed by atoms with Gasteiger partial charge in [0.05, 0.1) is 6.61 Å². The largest absolute Gasteiger partial charge is 0.508 e. The molecule has 0 aliphatic carbocycles. The van der Waals surface area contributed by atoms with E-state index in [9.17, 15) is 10.2 Å². The molecule has 3 aromatic carbocycles. The van der Waals surface area contributed by atoms with Gasteiger partial charge in [0.2, 0.25) is 0 Å². The highest BCUT2D eigenvalue weighted by Gasteiger charge is 2.33. The van der Waals surface area contributed by atoms with Crippen LogP contribution in [0.25, 0.3) is 0 Å². The fraction of sp³-hybridized carbons (Fsp3) is 0.333. The Bertz CT molecular complexity index is 1060. The third-order valence-electron chi connectivity index (χ3n) is 6.57. The average Bonchev–Trinajstić information content (AvgIpc) is 3.32. The molecule has 0 radical (unpaired) electrons. The quantitative estimate of drug-likeness (QED) is 0.582. The van der Waals surface area contributed by atoms with Crippen LogP contribution in [-0.4, -0.2) is 48.0 Å². The van der Waals surface area contributed by atoms with Crippen LogP contribution in [0, 0.1) is 0 Å². The van der Waals surface area contributed by atoms with Crippen LogP contribution in [0.3, 0.4) is 0 Å². The third kappa shape index (κ3) is 4.39. The van der Waals surface area contributed by atoms with E-state index in [1.807, 2.05) is 36.4 Å². The maximum atomic E-state index is 10.0. The molecule has 1 fully saturated rings. The van der Waals surface area contributed by atoms with Gasteiger partial charge in [0.1, 0.15) is 29.6 Å². The van der Waals surface area contributed by atoms with Crippen LogP contribution in [0.2, 0.25) is 0 Å². The Kier molecular flexibility index (Phi) is 5.91. The van der Waals surface area contributed by atoms with E-state index in [2.05, 4.69) is 17.0 Å². The van der Waals surface area contributed by atoms with Crippen LogP contribution in [-0.2, 0) is 0 Å². The van der Waals surface area contributed by atoms with E-state index in [-0.39, 0.29) is 23.3 Å². The topological polar surface area (TPSA) is 62.2 Å². The van der Waals surface area contributed by atoms with Crippen molar-refractivity contribution in [1.82, 2.24) is 4.90 Å². The second-order valence-corrected chi connectivity index (χ2v) is 8.68. The lowest BCUT2D eigenvalue weighted by atomic mass is 9.76. The van der Waals surface area contributed by atoms with Gasteiger partial charge in [-0.15, -0.1) is 0 Å². The van der Waals surface area contributed by atoms with Gasteiger partial charge in [0.25, 0.3) is 0 Å². The number of phenolic OH excluding ortho intramolecular Hbond substituents is 2. The van der Waals surface area contributed by atoms with Crippen molar-refractivity contribution in [1.29, 1.82) is 0 Å². The third-order valence-corrected chi connectivity index (χ3v) is 6.57. The number of hydrogen-bond donors (Lipinski definition) is 2. The number of ether oxygens (including phenoxy) is 2. The van der Waals surface area contributed by atoms with E-state index >= 15 is 0 Å². The van der Waals surface area contributed by atoms with E-state index in [1.54, 1.807) is 18.2 Å². The summed E-state index contributed by atoms with van der Waals surface area (Å²) in [5, 5.41) is 20.0. The normalized spacial score (nSPS) is 20.5. The maximum Gasteiger partial charge on any atom is 0.126 e. The number of likely N-dealkylation sites (tertiary alicyclic amines) is 1. The highest BCUT2D eigenvalue weighted by molar-refractivity contribution is 5.51. The van der Waals surface area contributed by atoms with Crippen molar-refractivity contribution in [2.24, 2.45) is 0 Å². The molecule has 0 saturated carbocycles. The summed E-state index contributed by atoms with van der Waals surface area (Å²) in [5.41, 5.74) is 3.21. The standard InChI is InChI=1S/C27H29NO4/c29-21-5-3-4-20(16-21)25-18-32-26-17-22(30)8-11-24(26)27(25)19-6-9-23(10-7-19)31-15-14-28-12-1-2-13-28/h3-11,16-17,25,27,29-30H,1-2,12-15,18H2/t25-,27-/m0/s1. The minimum absolute atomic E-state index is 0.0415. The average molecular weight is 432 g/mol. The van der Waals surface area contributed by atoms with E-state index in [0.29, 0.717) is 19.0 Å². The second-order valence-electron chi connectivity index (χ2n) is 8.68. The first kappa shape index (κ1) is 20.7. The summed E-state index contributed by atoms with van der Waals surface area (Å²) in [7, 11) is 0. The van der Waals surface area contributed by atoms with Gasteiger partial charge in [-0.25, -0.2) is 0 Å². The van der Waals surface area contributed by atoms with Crippen LogP contribution >= 0.6 is 0 Å². The molecule has 2 aliphatic rings. The Morgan fingerprint density at radius 3 is 2.44 bits per heavy atom. The lowest BCUT2D eigenvalue weighted by molar-refractivity contribution is 0.237. The van der Waals surface area contributed by atoms with Crippen molar-refractivity contribution < 1.29 is 19.7 Å². The predicted molar refractivity (Wildman–Crippen MR) is 124 cm³/mol. The van der Waals surface area contributed by atoms with Crippen LogP contribution in [0.5, 0.6) is 23.0 Å². The lowest BCUT2D eigenvalue weighted by Gasteiger charge is -2.34. The van der Waals surface area contributed by atoms with E-state index in [0.717, 1.165) is 29.0 Å². The molecule has 5 heteroatoms. The number of fused-ring (bicyclic) bond motifs is 1. The molecule has 1 saturated heterocycles. The minimum Gasteiger partial charge on any atom is -0.508 e. The zero-order chi connectivity index (χ0) is 21.9. The monoisotopic (exact) mass is 431 g/mol. The van der Waals surface area contributed by atoms with Crippen LogP contribution in [0.1, 0.15) is 41.4 Å². The van der Waals surface area contributed by atoms with Crippen molar-refractivity contribution in [2.75, 3.05) is 32.8 Å². The Hall–Kier alpha value is -3.18. The number of nitrogens with zero attached hydrogens (tertiary/aromatic N) is 1. The molecule has 5 nitrogen and oxygen atoms in total. The Balaban J connectivity index is 1.40. The number of hydrogen-bond acceptors (Lipinski definition) is 5. The summed E-state index contributed by atoms with van der Waals surface area (Å²) in [6.07, 6.45) is 2.58. The van der Waals surface area contributed by atoms with Crippen molar-refractivity contribution in [3.05, 3.63) is 83.4 Å². The number of benzene rings is 3. The minimum atomic E-state index is 0.0415. The van der Waals surface area contributed by atoms with Crippen molar-refractivity contribution in [3.63, 3.8) is 0 Å². The Morgan fingerprint density at radius 2 is 1.66 bits per heavy atom. The molecule has 5 rings (SSSR count). The lowest BCUT2D eigenvalue weighted by Crippen LogP contribution is -2.25. The molecule has 0 spiro atoms. The Morgan fingerprint density at radius 1 is 0.875 bits per heavy atom. The molecule has 0 aromatic heterocycles. The molecule has 0 amide bonds. The van der Waals surface area contributed by atoms with E-state index in [1.165, 1.54) is 25.9 Å². The fourth-order valence-corrected chi connectivity index (χ4v) is 4.92. The van der Waals surface area contributed by atoms with Crippen molar-refractivity contribution in [3.8, 4) is 23.0 Å². The summed E-state index contributed by atoms with van der Waals surface area (Å²) in [5.74, 6) is 2.11. The number of phenols is 2. The molecule has 0 unspecified atom stereocenters. The first-order valence-electron chi connectivity index (χ1n) is 11.4. The fourth-order valence-electron chi connectivity index (χ4n) is 4.92. The van der Waals surface area contributed by atoms with Crippen molar-refractivity contribution in [2.45, 2.75) is 24.7 Å². The Labute approximate surface area is 188 Å². The van der Waals surface area contributed by atoms with E-state index < -0.39 is 0 Å². The summed E-state index contributed by atoms with van der Waals surface area (Å²) < 4.78 is 12.0. The van der Waals surface area contributed by atoms with Gasteiger partial charge >= 0.3 is 0 Å². The van der Waals surface area contributed by atoms with Gasteiger partial charge in [-0.05, 0) is 67.4 Å². The zero-order valence-corrected chi connectivity index (χ0v) is 18.1. The summed E-state index contributed by atoms with van der Waals surface area (Å²) in [6.45, 7) is 4.50. The predicted octanol–water partition coefficient (Wildman–Crippen LogP) is 4.88. The van der Waals surface area contributed by atoms with Gasteiger partial charge < -0.3 is 19.7 Å². The molecular formula is C27H29NO4. The van der Waals surface area contributed by atoms with Crippen molar-refractivity contribution >= 4 is 0 Å². The number of rotatable bonds is 6. The van der Waals surface area contributed by atoms with Gasteiger partial charge in [0, 0.05) is 30.0 Å². The van der Waals surface area contributed by atoms with Gasteiger partial charge in [0.15, 0.2) is 0 Å². The molecule has 166 valence electrons. The van der Waals surface area contributed by atoms with E-state index in [4.69, 9.17) is 9.47 Å². The van der Waals surface area contributed by atoms with Gasteiger partial charge in [-0.3, -0.25) is 4.90 Å². The molecule has 32 heavy (non-hydrogen) atoms. The first-order valence-corrected chi connectivity index (χ1v) is 11.4. The summed E-state index contributed by atoms with van der Waals surface area (Å²) >= 11 is 0. The second kappa shape index (κ2) is 9.13. The molecule has 2 atom stereocenters. The molecule has 2 heterocycles. The first-order chi connectivity index (χ1) is 15.7. The van der Waals surface area contributed by atoms with Crippen LogP contribution in [0.15, 0.2) is 66.7 Å². The molecule has 2 N–H and O–H groups in total. The van der Waals surface area contributed by atoms with Gasteiger partial charge in [-0.1, -0.05) is 30.3 Å².